The summed E-state index contributed by atoms with van der Waals surface area (Å²) in [6, 6.07) is 2.11. The highest BCUT2D eigenvalue weighted by Crippen LogP contribution is 2.23. The van der Waals surface area contributed by atoms with Crippen LogP contribution in [0.25, 0.3) is 0 Å². The molecule has 2 aliphatic rings. The molecule has 1 aromatic rings. The van der Waals surface area contributed by atoms with Gasteiger partial charge in [0.2, 0.25) is 5.95 Å². The van der Waals surface area contributed by atoms with Crippen LogP contribution in [0.5, 0.6) is 0 Å². The summed E-state index contributed by atoms with van der Waals surface area (Å²) in [6.45, 7) is 9.92. The molecule has 2 saturated heterocycles. The van der Waals surface area contributed by atoms with E-state index in [1.54, 1.807) is 0 Å². The molecular formula is C15H24N4O. The molecule has 2 fully saturated rings. The molecule has 3 heterocycles. The molecular weight excluding hydrogens is 252 g/mol. The fraction of sp³-hybridized carbons (Fsp3) is 0.733. The number of hydrogen-bond acceptors (Lipinski definition) is 5. The predicted octanol–water partition coefficient (Wildman–Crippen LogP) is 1.86. The van der Waals surface area contributed by atoms with Crippen molar-refractivity contribution < 1.29 is 4.74 Å². The maximum absolute atomic E-state index is 5.40. The Labute approximate surface area is 121 Å². The zero-order valence-corrected chi connectivity index (χ0v) is 12.5. The normalized spacial score (nSPS) is 24.0. The molecule has 0 aliphatic carbocycles. The van der Waals surface area contributed by atoms with Gasteiger partial charge in [-0.3, -0.25) is 0 Å². The van der Waals surface area contributed by atoms with Gasteiger partial charge in [-0.15, -0.1) is 0 Å². The second-order valence-electron chi connectivity index (χ2n) is 5.96. The highest BCUT2D eigenvalue weighted by Gasteiger charge is 2.20. The van der Waals surface area contributed by atoms with Gasteiger partial charge in [0.1, 0.15) is 5.82 Å². The summed E-state index contributed by atoms with van der Waals surface area (Å²) in [5.74, 6) is 2.71. The van der Waals surface area contributed by atoms with Crippen molar-refractivity contribution in [2.24, 2.45) is 5.92 Å². The largest absolute Gasteiger partial charge is 0.378 e. The minimum Gasteiger partial charge on any atom is -0.378 e. The number of morpholine rings is 1. The van der Waals surface area contributed by atoms with Crippen molar-refractivity contribution in [2.45, 2.75) is 26.7 Å². The average Bonchev–Trinajstić information content (AvgIpc) is 2.47. The number of anilines is 2. The Kier molecular flexibility index (Phi) is 4.05. The number of rotatable bonds is 2. The van der Waals surface area contributed by atoms with Crippen LogP contribution in [0.2, 0.25) is 0 Å². The fourth-order valence-electron chi connectivity index (χ4n) is 3.00. The van der Waals surface area contributed by atoms with Crippen LogP contribution in [0.15, 0.2) is 6.07 Å². The Bertz CT molecular complexity index is 459. The van der Waals surface area contributed by atoms with E-state index in [0.717, 1.165) is 62.8 Å². The van der Waals surface area contributed by atoms with Gasteiger partial charge in [0, 0.05) is 37.9 Å². The lowest BCUT2D eigenvalue weighted by atomic mass is 10.0. The fourth-order valence-corrected chi connectivity index (χ4v) is 3.00. The van der Waals surface area contributed by atoms with Crippen LogP contribution in [-0.2, 0) is 4.74 Å². The highest BCUT2D eigenvalue weighted by atomic mass is 16.5. The Morgan fingerprint density at radius 1 is 1.15 bits per heavy atom. The van der Waals surface area contributed by atoms with E-state index in [-0.39, 0.29) is 0 Å². The summed E-state index contributed by atoms with van der Waals surface area (Å²) in [5.41, 5.74) is 1.05. The van der Waals surface area contributed by atoms with Crippen molar-refractivity contribution >= 4 is 11.8 Å². The lowest BCUT2D eigenvalue weighted by Crippen LogP contribution is -2.38. The van der Waals surface area contributed by atoms with E-state index in [1.165, 1.54) is 12.8 Å². The van der Waals surface area contributed by atoms with Gasteiger partial charge in [0.25, 0.3) is 0 Å². The van der Waals surface area contributed by atoms with E-state index in [2.05, 4.69) is 34.7 Å². The highest BCUT2D eigenvalue weighted by molar-refractivity contribution is 5.46. The zero-order valence-electron chi connectivity index (χ0n) is 12.5. The van der Waals surface area contributed by atoms with E-state index >= 15 is 0 Å². The van der Waals surface area contributed by atoms with E-state index in [9.17, 15) is 0 Å². The van der Waals surface area contributed by atoms with E-state index in [0.29, 0.717) is 0 Å². The standard InChI is InChI=1S/C15H24N4O/c1-12-4-3-5-19(11-12)14-10-13(2)16-15(17-14)18-6-8-20-9-7-18/h10,12H,3-9,11H2,1-2H3. The third-order valence-corrected chi connectivity index (χ3v) is 4.10. The Morgan fingerprint density at radius 2 is 1.95 bits per heavy atom. The first-order chi connectivity index (χ1) is 9.72. The lowest BCUT2D eigenvalue weighted by molar-refractivity contribution is 0.122. The van der Waals surface area contributed by atoms with Gasteiger partial charge in [-0.2, -0.15) is 4.98 Å². The molecule has 20 heavy (non-hydrogen) atoms. The monoisotopic (exact) mass is 276 g/mol. The summed E-state index contributed by atoms with van der Waals surface area (Å²) in [7, 11) is 0. The number of aryl methyl sites for hydroxylation is 1. The predicted molar refractivity (Wildman–Crippen MR) is 80.4 cm³/mol. The van der Waals surface area contributed by atoms with E-state index in [4.69, 9.17) is 9.72 Å². The van der Waals surface area contributed by atoms with Crippen molar-refractivity contribution in [3.8, 4) is 0 Å². The van der Waals surface area contributed by atoms with Crippen LogP contribution in [0.3, 0.4) is 0 Å². The summed E-state index contributed by atoms with van der Waals surface area (Å²) < 4.78 is 5.40. The van der Waals surface area contributed by atoms with Crippen molar-refractivity contribution in [2.75, 3.05) is 49.2 Å². The summed E-state index contributed by atoms with van der Waals surface area (Å²) in [5, 5.41) is 0. The van der Waals surface area contributed by atoms with Crippen LogP contribution in [-0.4, -0.2) is 49.4 Å². The molecule has 1 aromatic heterocycles. The first-order valence-corrected chi connectivity index (χ1v) is 7.66. The van der Waals surface area contributed by atoms with Crippen LogP contribution < -0.4 is 9.80 Å². The minimum atomic E-state index is 0.755. The van der Waals surface area contributed by atoms with Crippen molar-refractivity contribution in [3.05, 3.63) is 11.8 Å². The van der Waals surface area contributed by atoms with Crippen molar-refractivity contribution in [1.29, 1.82) is 0 Å². The van der Waals surface area contributed by atoms with Gasteiger partial charge in [0.15, 0.2) is 0 Å². The summed E-state index contributed by atoms with van der Waals surface area (Å²) in [4.78, 5) is 14.0. The Balaban J connectivity index is 1.82. The number of aromatic nitrogens is 2. The minimum absolute atomic E-state index is 0.755. The average molecular weight is 276 g/mol. The quantitative estimate of drug-likeness (QED) is 0.824. The first-order valence-electron chi connectivity index (χ1n) is 7.66. The van der Waals surface area contributed by atoms with Crippen LogP contribution in [0, 0.1) is 12.8 Å². The second kappa shape index (κ2) is 5.95. The van der Waals surface area contributed by atoms with Crippen molar-refractivity contribution in [1.82, 2.24) is 9.97 Å². The molecule has 1 atom stereocenters. The van der Waals surface area contributed by atoms with Crippen molar-refractivity contribution in [3.63, 3.8) is 0 Å². The molecule has 5 heteroatoms. The molecule has 0 aromatic carbocycles. The first kappa shape index (κ1) is 13.6. The molecule has 1 unspecified atom stereocenters. The molecule has 3 rings (SSSR count). The van der Waals surface area contributed by atoms with Crippen LogP contribution in [0.1, 0.15) is 25.5 Å². The smallest absolute Gasteiger partial charge is 0.227 e. The molecule has 0 saturated carbocycles. The summed E-state index contributed by atoms with van der Waals surface area (Å²) >= 11 is 0. The third kappa shape index (κ3) is 3.03. The summed E-state index contributed by atoms with van der Waals surface area (Å²) in [6.07, 6.45) is 2.59. The number of nitrogens with zero attached hydrogens (tertiary/aromatic N) is 4. The molecule has 0 amide bonds. The topological polar surface area (TPSA) is 41.5 Å². The zero-order chi connectivity index (χ0) is 13.9. The van der Waals surface area contributed by atoms with Gasteiger partial charge in [-0.25, -0.2) is 4.98 Å². The SMILES string of the molecule is Cc1cc(N2CCCC(C)C2)nc(N2CCOCC2)n1. The number of piperidine rings is 1. The maximum atomic E-state index is 5.40. The molecule has 0 radical (unpaired) electrons. The van der Waals surface area contributed by atoms with Crippen LogP contribution >= 0.6 is 0 Å². The van der Waals surface area contributed by atoms with Gasteiger partial charge in [0.05, 0.1) is 13.2 Å². The number of ether oxygens (including phenoxy) is 1. The lowest BCUT2D eigenvalue weighted by Gasteiger charge is -2.33. The molecule has 110 valence electrons. The molecule has 0 bridgehead atoms. The number of hydrogen-bond donors (Lipinski definition) is 0. The molecule has 2 aliphatic heterocycles. The Hall–Kier alpha value is -1.36. The Morgan fingerprint density at radius 3 is 2.70 bits per heavy atom. The maximum Gasteiger partial charge on any atom is 0.227 e. The van der Waals surface area contributed by atoms with Gasteiger partial charge < -0.3 is 14.5 Å². The van der Waals surface area contributed by atoms with Crippen LogP contribution in [0.4, 0.5) is 11.8 Å². The van der Waals surface area contributed by atoms with Gasteiger partial charge in [-0.05, 0) is 25.7 Å². The third-order valence-electron chi connectivity index (χ3n) is 4.10. The molecule has 0 spiro atoms. The van der Waals surface area contributed by atoms with Gasteiger partial charge in [-0.1, -0.05) is 6.92 Å². The molecule has 0 N–H and O–H groups in total. The van der Waals surface area contributed by atoms with E-state index in [1.807, 2.05) is 0 Å². The van der Waals surface area contributed by atoms with E-state index < -0.39 is 0 Å². The molecule has 5 nitrogen and oxygen atoms in total. The van der Waals surface area contributed by atoms with Gasteiger partial charge >= 0.3 is 0 Å². The second-order valence-corrected chi connectivity index (χ2v) is 5.96.